The van der Waals surface area contributed by atoms with Gasteiger partial charge in [0.2, 0.25) is 0 Å². The van der Waals surface area contributed by atoms with Crippen LogP contribution < -0.4 is 0 Å². The molecule has 11 rings (SSSR count). The van der Waals surface area contributed by atoms with E-state index in [0.717, 1.165) is 5.69 Å². The zero-order valence-electron chi connectivity index (χ0n) is 47.3. The zero-order chi connectivity index (χ0) is 54.0. The van der Waals surface area contributed by atoms with Crippen LogP contribution in [0, 0.1) is 0 Å². The van der Waals surface area contributed by atoms with Crippen molar-refractivity contribution >= 4 is 21.8 Å². The molecule has 0 unspecified atom stereocenters. The molecule has 1 aromatic heterocycles. The lowest BCUT2D eigenvalue weighted by molar-refractivity contribution is 0.591. The molecule has 1 heterocycles. The Bertz CT molecular complexity index is 3630. The molecular weight excluding hydrogens is 927 g/mol. The van der Waals surface area contributed by atoms with Gasteiger partial charge in [-0.3, -0.25) is 0 Å². The first-order valence-corrected chi connectivity index (χ1v) is 27.7. The smallest absolute Gasteiger partial charge is 0.0541 e. The van der Waals surface area contributed by atoms with Crippen molar-refractivity contribution in [2.24, 2.45) is 0 Å². The first-order valence-electron chi connectivity index (χ1n) is 27.7. The Hall–Kier alpha value is -8.00. The van der Waals surface area contributed by atoms with Crippen molar-refractivity contribution < 1.29 is 0 Å². The van der Waals surface area contributed by atoms with Gasteiger partial charge in [0.15, 0.2) is 0 Å². The lowest BCUT2D eigenvalue weighted by Gasteiger charge is -2.25. The minimum Gasteiger partial charge on any atom is -0.309 e. The van der Waals surface area contributed by atoms with Gasteiger partial charge >= 0.3 is 0 Å². The molecule has 10 aromatic carbocycles. The van der Waals surface area contributed by atoms with Gasteiger partial charge in [0.25, 0.3) is 0 Å². The predicted molar refractivity (Wildman–Crippen MR) is 334 cm³/mol. The molecule has 0 atom stereocenters. The molecule has 0 spiro atoms. The number of para-hydroxylation sites is 1. The van der Waals surface area contributed by atoms with Crippen molar-refractivity contribution in [3.05, 3.63) is 247 Å². The summed E-state index contributed by atoms with van der Waals surface area (Å²) in [5.41, 5.74) is 25.8. The Labute approximate surface area is 459 Å². The van der Waals surface area contributed by atoms with E-state index in [-0.39, 0.29) is 21.7 Å². The number of aromatic nitrogens is 1. The van der Waals surface area contributed by atoms with Gasteiger partial charge in [0, 0.05) is 16.3 Å². The molecular formula is C76H73N. The van der Waals surface area contributed by atoms with Crippen molar-refractivity contribution in [1.29, 1.82) is 0 Å². The lowest BCUT2D eigenvalue weighted by Crippen LogP contribution is -2.13. The van der Waals surface area contributed by atoms with Crippen LogP contribution in [0.25, 0.3) is 105 Å². The molecule has 1 nitrogen and oxygen atoms in total. The molecule has 0 aliphatic carbocycles. The van der Waals surface area contributed by atoms with Gasteiger partial charge in [-0.2, -0.15) is 0 Å². The maximum Gasteiger partial charge on any atom is 0.0541 e. The molecule has 0 bridgehead atoms. The number of rotatable bonds is 8. The fourth-order valence-corrected chi connectivity index (χ4v) is 11.9. The standard InChI is InChI=1S/C76H73N/c1-73(2,3)66-33-21-16-28-59(66)55-42-53(43-56(46-55)60-29-17-22-34-67(60)74(4,5)6)51-38-40-71-64(48-51)65-49-52(39-41-72(65)77(71)70-37-25-20-32-63(70)50-26-14-13-15-27-50)54-44-57(61-30-18-23-35-68(61)75(7,8)9)47-58(45-54)62-31-19-24-36-69(62)76(10,11)12/h13-49H,1-12H3. The molecule has 0 radical (unpaired) electrons. The molecule has 0 N–H and O–H groups in total. The van der Waals surface area contributed by atoms with Crippen molar-refractivity contribution in [2.45, 2.75) is 105 Å². The summed E-state index contributed by atoms with van der Waals surface area (Å²) in [6.45, 7) is 27.9. The third-order valence-electron chi connectivity index (χ3n) is 15.7. The van der Waals surface area contributed by atoms with Crippen LogP contribution in [0.4, 0.5) is 0 Å². The molecule has 0 saturated heterocycles. The summed E-state index contributed by atoms with van der Waals surface area (Å²) in [6, 6.07) is 84.7. The number of nitrogens with zero attached hydrogens (tertiary/aromatic N) is 1. The minimum absolute atomic E-state index is 0.0448. The van der Waals surface area contributed by atoms with Gasteiger partial charge in [0.05, 0.1) is 16.7 Å². The van der Waals surface area contributed by atoms with E-state index in [1.54, 1.807) is 0 Å². The van der Waals surface area contributed by atoms with E-state index in [4.69, 9.17) is 0 Å². The Balaban J connectivity index is 1.20. The third-order valence-corrected chi connectivity index (χ3v) is 15.7. The normalized spacial score (nSPS) is 12.4. The van der Waals surface area contributed by atoms with E-state index >= 15 is 0 Å². The molecule has 0 aliphatic rings. The molecule has 0 aliphatic heterocycles. The van der Waals surface area contributed by atoms with Crippen molar-refractivity contribution in [2.75, 3.05) is 0 Å². The van der Waals surface area contributed by atoms with E-state index in [9.17, 15) is 0 Å². The maximum absolute atomic E-state index is 2.50. The van der Waals surface area contributed by atoms with Crippen molar-refractivity contribution in [3.63, 3.8) is 0 Å². The monoisotopic (exact) mass is 1000 g/mol. The van der Waals surface area contributed by atoms with Crippen LogP contribution in [0.1, 0.15) is 105 Å². The van der Waals surface area contributed by atoms with Crippen LogP contribution >= 0.6 is 0 Å². The van der Waals surface area contributed by atoms with Gasteiger partial charge < -0.3 is 4.57 Å². The molecule has 382 valence electrons. The summed E-state index contributed by atoms with van der Waals surface area (Å²) in [5, 5.41) is 2.43. The highest BCUT2D eigenvalue weighted by molar-refractivity contribution is 6.12. The Morgan fingerprint density at radius 2 is 0.506 bits per heavy atom. The minimum atomic E-state index is -0.0448. The van der Waals surface area contributed by atoms with Gasteiger partial charge in [-0.25, -0.2) is 0 Å². The first-order chi connectivity index (χ1) is 36.7. The fourth-order valence-electron chi connectivity index (χ4n) is 11.9. The number of benzene rings is 10. The highest BCUT2D eigenvalue weighted by Crippen LogP contribution is 2.46. The van der Waals surface area contributed by atoms with Crippen molar-refractivity contribution in [1.82, 2.24) is 4.57 Å². The van der Waals surface area contributed by atoms with Crippen LogP contribution in [-0.2, 0) is 21.7 Å². The van der Waals surface area contributed by atoms with Gasteiger partial charge in [-0.15, -0.1) is 0 Å². The Morgan fingerprint density at radius 3 is 0.844 bits per heavy atom. The number of fused-ring (bicyclic) bond motifs is 3. The Kier molecular flexibility index (Phi) is 13.0. The summed E-state index contributed by atoms with van der Waals surface area (Å²) >= 11 is 0. The maximum atomic E-state index is 2.50. The first kappa shape index (κ1) is 51.1. The highest BCUT2D eigenvalue weighted by Gasteiger charge is 2.26. The SMILES string of the molecule is CC(C)(C)c1ccccc1-c1cc(-c2ccc3c(c2)c2cc(-c4cc(-c5ccccc5C(C)(C)C)cc(-c5ccccc5C(C)(C)C)c4)ccc2n3-c2ccccc2-c2ccccc2)cc(-c2ccccc2C(C)(C)C)c1. The molecule has 1 heteroatoms. The lowest BCUT2D eigenvalue weighted by atomic mass is 9.79. The second-order valence-electron chi connectivity index (χ2n) is 25.5. The van der Waals surface area contributed by atoms with E-state index in [1.807, 2.05) is 0 Å². The highest BCUT2D eigenvalue weighted by atomic mass is 15.0. The topological polar surface area (TPSA) is 4.93 Å². The summed E-state index contributed by atoms with van der Waals surface area (Å²) in [6.07, 6.45) is 0. The quantitative estimate of drug-likeness (QED) is 0.143. The van der Waals surface area contributed by atoms with E-state index in [1.165, 1.54) is 122 Å². The molecule has 11 aromatic rings. The fraction of sp³-hybridized carbons (Fsp3) is 0.211. The van der Waals surface area contributed by atoms with Gasteiger partial charge in [0.1, 0.15) is 0 Å². The van der Waals surface area contributed by atoms with Crippen molar-refractivity contribution in [3.8, 4) is 83.6 Å². The second-order valence-corrected chi connectivity index (χ2v) is 25.5. The number of hydrogen-bond donors (Lipinski definition) is 0. The largest absolute Gasteiger partial charge is 0.309 e. The van der Waals surface area contributed by atoms with Gasteiger partial charge in [-0.1, -0.05) is 241 Å². The Morgan fingerprint density at radius 1 is 0.221 bits per heavy atom. The molecule has 0 amide bonds. The summed E-state index contributed by atoms with van der Waals surface area (Å²) in [5.74, 6) is 0. The van der Waals surface area contributed by atoms with E-state index in [2.05, 4.69) is 312 Å². The summed E-state index contributed by atoms with van der Waals surface area (Å²) in [4.78, 5) is 0. The van der Waals surface area contributed by atoms with Crippen LogP contribution in [0.3, 0.4) is 0 Å². The van der Waals surface area contributed by atoms with E-state index in [0.29, 0.717) is 0 Å². The average Bonchev–Trinajstić information content (AvgIpc) is 3.95. The molecule has 77 heavy (non-hydrogen) atoms. The zero-order valence-corrected chi connectivity index (χ0v) is 47.3. The predicted octanol–water partition coefficient (Wildman–Crippen LogP) is 21.6. The number of hydrogen-bond acceptors (Lipinski definition) is 0. The summed E-state index contributed by atoms with van der Waals surface area (Å²) in [7, 11) is 0. The summed E-state index contributed by atoms with van der Waals surface area (Å²) < 4.78 is 2.50. The van der Waals surface area contributed by atoms with Crippen LogP contribution in [-0.4, -0.2) is 4.57 Å². The second kappa shape index (κ2) is 19.5. The van der Waals surface area contributed by atoms with Crippen LogP contribution in [0.5, 0.6) is 0 Å². The third kappa shape index (κ3) is 9.90. The average molecular weight is 1000 g/mol. The van der Waals surface area contributed by atoms with Crippen LogP contribution in [0.2, 0.25) is 0 Å². The van der Waals surface area contributed by atoms with E-state index < -0.39 is 0 Å². The van der Waals surface area contributed by atoms with Gasteiger partial charge in [-0.05, 0) is 183 Å². The molecule has 0 fully saturated rings. The molecule has 0 saturated carbocycles. The van der Waals surface area contributed by atoms with Crippen LogP contribution in [0.15, 0.2) is 224 Å².